The number of carbonyl (C=O) groups excluding carboxylic acids is 3. The van der Waals surface area contributed by atoms with E-state index >= 15 is 0 Å². The first-order valence-electron chi connectivity index (χ1n) is 8.82. The predicted molar refractivity (Wildman–Crippen MR) is 103 cm³/mol. The van der Waals surface area contributed by atoms with Gasteiger partial charge in [0.1, 0.15) is 0 Å². The zero-order chi connectivity index (χ0) is 19.2. The summed E-state index contributed by atoms with van der Waals surface area (Å²) in [6, 6.07) is 14.5. The number of hydrazine groups is 1. The highest BCUT2D eigenvalue weighted by atomic mass is 16.2. The van der Waals surface area contributed by atoms with Crippen LogP contribution in [0.1, 0.15) is 29.3 Å². The number of rotatable bonds is 4. The summed E-state index contributed by atoms with van der Waals surface area (Å²) in [6.07, 6.45) is 2.00. The van der Waals surface area contributed by atoms with Crippen LogP contribution >= 0.6 is 0 Å². The molecule has 1 aliphatic heterocycles. The molecule has 7 nitrogen and oxygen atoms in total. The van der Waals surface area contributed by atoms with Crippen molar-refractivity contribution in [1.82, 2.24) is 10.9 Å². The van der Waals surface area contributed by atoms with Gasteiger partial charge in [0.15, 0.2) is 0 Å². The molecule has 0 atom stereocenters. The summed E-state index contributed by atoms with van der Waals surface area (Å²) in [4.78, 5) is 37.6. The van der Waals surface area contributed by atoms with E-state index in [0.29, 0.717) is 11.3 Å². The molecule has 0 spiro atoms. The van der Waals surface area contributed by atoms with Crippen molar-refractivity contribution < 1.29 is 14.4 Å². The summed E-state index contributed by atoms with van der Waals surface area (Å²) in [5.41, 5.74) is 8.02. The van der Waals surface area contributed by atoms with E-state index in [4.69, 9.17) is 0 Å². The van der Waals surface area contributed by atoms with Gasteiger partial charge < -0.3 is 10.2 Å². The molecule has 3 amide bonds. The Kier molecular flexibility index (Phi) is 5.71. The van der Waals surface area contributed by atoms with Gasteiger partial charge in [0.05, 0.1) is 6.54 Å². The highest BCUT2D eigenvalue weighted by Crippen LogP contribution is 2.26. The summed E-state index contributed by atoms with van der Waals surface area (Å²) in [6.45, 7) is 2.37. The zero-order valence-corrected chi connectivity index (χ0v) is 15.1. The molecule has 0 fully saturated rings. The van der Waals surface area contributed by atoms with Gasteiger partial charge in [-0.3, -0.25) is 25.2 Å². The molecule has 3 N–H and O–H groups in total. The molecule has 0 bridgehead atoms. The van der Waals surface area contributed by atoms with Gasteiger partial charge in [0.25, 0.3) is 11.8 Å². The van der Waals surface area contributed by atoms with E-state index in [9.17, 15) is 14.4 Å². The minimum absolute atomic E-state index is 0.170. The fraction of sp³-hybridized carbons (Fsp3) is 0.250. The summed E-state index contributed by atoms with van der Waals surface area (Å²) in [7, 11) is 0. The highest BCUT2D eigenvalue weighted by Gasteiger charge is 2.19. The van der Waals surface area contributed by atoms with Crippen LogP contribution in [-0.4, -0.2) is 30.8 Å². The Bertz CT molecular complexity index is 866. The Morgan fingerprint density at radius 1 is 1.04 bits per heavy atom. The first kappa shape index (κ1) is 18.4. The van der Waals surface area contributed by atoms with Crippen molar-refractivity contribution in [3.8, 4) is 0 Å². The van der Waals surface area contributed by atoms with Gasteiger partial charge in [-0.2, -0.15) is 0 Å². The van der Waals surface area contributed by atoms with Crippen LogP contribution in [0.3, 0.4) is 0 Å². The lowest BCUT2D eigenvalue weighted by atomic mass is 10.0. The molecule has 2 aromatic carbocycles. The van der Waals surface area contributed by atoms with Gasteiger partial charge in [-0.05, 0) is 42.7 Å². The average molecular weight is 366 g/mol. The second kappa shape index (κ2) is 8.35. The Morgan fingerprint density at radius 2 is 1.85 bits per heavy atom. The maximum Gasteiger partial charge on any atom is 0.269 e. The Morgan fingerprint density at radius 3 is 2.67 bits per heavy atom. The molecule has 27 heavy (non-hydrogen) atoms. The molecule has 0 aliphatic carbocycles. The third-order valence-corrected chi connectivity index (χ3v) is 4.30. The van der Waals surface area contributed by atoms with Crippen molar-refractivity contribution in [2.24, 2.45) is 0 Å². The largest absolute Gasteiger partial charge is 0.362 e. The highest BCUT2D eigenvalue weighted by molar-refractivity contribution is 5.97. The number of fused-ring (bicyclic) bond motifs is 1. The molecule has 1 heterocycles. The fourth-order valence-electron chi connectivity index (χ4n) is 3.13. The molecular formula is C20H22N4O3. The molecule has 7 heteroatoms. The zero-order valence-electron chi connectivity index (χ0n) is 15.1. The van der Waals surface area contributed by atoms with Gasteiger partial charge in [0, 0.05) is 30.4 Å². The number of benzene rings is 2. The minimum Gasteiger partial charge on any atom is -0.362 e. The van der Waals surface area contributed by atoms with E-state index < -0.39 is 5.91 Å². The number of hydrogen-bond donors (Lipinski definition) is 3. The lowest BCUT2D eigenvalue weighted by molar-refractivity contribution is -0.120. The van der Waals surface area contributed by atoms with Gasteiger partial charge in [-0.1, -0.05) is 24.3 Å². The normalized spacial score (nSPS) is 12.7. The van der Waals surface area contributed by atoms with E-state index in [0.717, 1.165) is 25.1 Å². The van der Waals surface area contributed by atoms with Crippen molar-refractivity contribution in [1.29, 1.82) is 0 Å². The van der Waals surface area contributed by atoms with Crippen LogP contribution in [0.2, 0.25) is 0 Å². The molecule has 2 aromatic rings. The van der Waals surface area contributed by atoms with Crippen molar-refractivity contribution in [3.63, 3.8) is 0 Å². The van der Waals surface area contributed by atoms with Gasteiger partial charge in [-0.25, -0.2) is 0 Å². The standard InChI is InChI=1S/C20H22N4O3/c1-14(25)21-17-9-4-7-16(12-17)20(27)23-22-19(26)13-24-11-5-8-15-6-2-3-10-18(15)24/h2-4,6-7,9-10,12H,5,8,11,13H2,1H3,(H,21,25)(H,22,26)(H,23,27). The lowest BCUT2D eigenvalue weighted by Crippen LogP contribution is -2.47. The third kappa shape index (κ3) is 4.84. The maximum atomic E-state index is 12.2. The monoisotopic (exact) mass is 366 g/mol. The smallest absolute Gasteiger partial charge is 0.269 e. The molecule has 0 radical (unpaired) electrons. The van der Waals surface area contributed by atoms with Crippen LogP contribution in [0.4, 0.5) is 11.4 Å². The van der Waals surface area contributed by atoms with Gasteiger partial charge in [0.2, 0.25) is 5.91 Å². The van der Waals surface area contributed by atoms with Crippen LogP contribution in [-0.2, 0) is 16.0 Å². The number of aryl methyl sites for hydroxylation is 1. The Hall–Kier alpha value is -3.35. The van der Waals surface area contributed by atoms with E-state index in [1.165, 1.54) is 12.5 Å². The van der Waals surface area contributed by atoms with Gasteiger partial charge >= 0.3 is 0 Å². The van der Waals surface area contributed by atoms with Crippen molar-refractivity contribution in [3.05, 3.63) is 59.7 Å². The number of nitrogens with one attached hydrogen (secondary N) is 3. The fourth-order valence-corrected chi connectivity index (χ4v) is 3.13. The van der Waals surface area contributed by atoms with Crippen LogP contribution < -0.4 is 21.1 Å². The summed E-state index contributed by atoms with van der Waals surface area (Å²) >= 11 is 0. The summed E-state index contributed by atoms with van der Waals surface area (Å²) in [5.74, 6) is -0.963. The van der Waals surface area contributed by atoms with Crippen molar-refractivity contribution in [2.75, 3.05) is 23.3 Å². The van der Waals surface area contributed by atoms with Crippen LogP contribution in [0, 0.1) is 0 Å². The van der Waals surface area contributed by atoms with E-state index in [1.54, 1.807) is 24.3 Å². The number of nitrogens with zero attached hydrogens (tertiary/aromatic N) is 1. The first-order valence-corrected chi connectivity index (χ1v) is 8.82. The topological polar surface area (TPSA) is 90.5 Å². The molecule has 0 aromatic heterocycles. The second-order valence-corrected chi connectivity index (χ2v) is 6.42. The molecule has 1 aliphatic rings. The number of anilines is 2. The molecule has 0 saturated carbocycles. The van der Waals surface area contributed by atoms with E-state index in [-0.39, 0.29) is 18.4 Å². The summed E-state index contributed by atoms with van der Waals surface area (Å²) < 4.78 is 0. The number of hydrogen-bond acceptors (Lipinski definition) is 4. The van der Waals surface area contributed by atoms with E-state index in [2.05, 4.69) is 22.2 Å². The van der Waals surface area contributed by atoms with Crippen LogP contribution in [0.25, 0.3) is 0 Å². The molecule has 140 valence electrons. The maximum absolute atomic E-state index is 12.2. The number of carbonyl (C=O) groups is 3. The van der Waals surface area contributed by atoms with Crippen LogP contribution in [0.15, 0.2) is 48.5 Å². The van der Waals surface area contributed by atoms with Crippen molar-refractivity contribution >= 4 is 29.1 Å². The second-order valence-electron chi connectivity index (χ2n) is 6.42. The quantitative estimate of drug-likeness (QED) is 0.721. The van der Waals surface area contributed by atoms with Gasteiger partial charge in [-0.15, -0.1) is 0 Å². The molecular weight excluding hydrogens is 344 g/mol. The lowest BCUT2D eigenvalue weighted by Gasteiger charge is -2.30. The molecule has 0 unspecified atom stereocenters. The average Bonchev–Trinajstić information content (AvgIpc) is 2.66. The van der Waals surface area contributed by atoms with Crippen molar-refractivity contribution in [2.45, 2.75) is 19.8 Å². The SMILES string of the molecule is CC(=O)Nc1cccc(C(=O)NNC(=O)CN2CCCc3ccccc32)c1. The van der Waals surface area contributed by atoms with E-state index in [1.807, 2.05) is 23.1 Å². The predicted octanol–water partition coefficient (Wildman–Crippen LogP) is 1.86. The van der Waals surface area contributed by atoms with Crippen LogP contribution in [0.5, 0.6) is 0 Å². The Labute approximate surface area is 157 Å². The Balaban J connectivity index is 1.55. The third-order valence-electron chi connectivity index (χ3n) is 4.30. The molecule has 0 saturated heterocycles. The minimum atomic E-state index is -0.449. The molecule has 3 rings (SSSR count). The summed E-state index contributed by atoms with van der Waals surface area (Å²) in [5, 5.41) is 2.62. The number of amides is 3. The number of para-hydroxylation sites is 1. The first-order chi connectivity index (χ1) is 13.0.